The van der Waals surface area contributed by atoms with Gasteiger partial charge in [0, 0.05) is 37.7 Å². The molecule has 0 fully saturated rings. The van der Waals surface area contributed by atoms with Gasteiger partial charge in [-0.05, 0) is 48.4 Å². The maximum atomic E-state index is 13.3. The Morgan fingerprint density at radius 2 is 1.95 bits per heavy atom. The molecule has 2 aromatic rings. The van der Waals surface area contributed by atoms with Crippen molar-refractivity contribution in [1.29, 1.82) is 0 Å². The zero-order valence-electron chi connectivity index (χ0n) is 11.2. The number of halogens is 1. The van der Waals surface area contributed by atoms with E-state index in [1.165, 1.54) is 12.1 Å². The highest BCUT2D eigenvalue weighted by molar-refractivity contribution is 5.54. The highest BCUT2D eigenvalue weighted by atomic mass is 19.1. The molecule has 0 saturated carbocycles. The molecule has 0 spiro atoms. The summed E-state index contributed by atoms with van der Waals surface area (Å²) in [5.41, 5.74) is 8.83. The minimum atomic E-state index is -0.256. The lowest BCUT2D eigenvalue weighted by atomic mass is 10.1. The van der Waals surface area contributed by atoms with Gasteiger partial charge in [-0.1, -0.05) is 0 Å². The third-order valence-corrected chi connectivity index (χ3v) is 3.06. The lowest BCUT2D eigenvalue weighted by Gasteiger charge is -2.24. The number of benzene rings is 1. The molecule has 3 nitrogen and oxygen atoms in total. The average Bonchev–Trinajstić information content (AvgIpc) is 2.39. The molecule has 1 heterocycles. The van der Waals surface area contributed by atoms with Gasteiger partial charge in [-0.3, -0.25) is 4.98 Å². The van der Waals surface area contributed by atoms with Gasteiger partial charge in [0.05, 0.1) is 0 Å². The van der Waals surface area contributed by atoms with Gasteiger partial charge in [0.2, 0.25) is 0 Å². The van der Waals surface area contributed by atoms with Crippen LogP contribution in [0.3, 0.4) is 0 Å². The molecule has 0 bridgehead atoms. The second-order valence-electron chi connectivity index (χ2n) is 4.70. The van der Waals surface area contributed by atoms with Crippen LogP contribution in [0, 0.1) is 5.82 Å². The van der Waals surface area contributed by atoms with E-state index in [0.29, 0.717) is 0 Å². The van der Waals surface area contributed by atoms with E-state index in [1.54, 1.807) is 18.5 Å². The van der Waals surface area contributed by atoms with Crippen LogP contribution in [-0.2, 0) is 6.54 Å². The van der Waals surface area contributed by atoms with Crippen LogP contribution in [0.1, 0.15) is 24.1 Å². The lowest BCUT2D eigenvalue weighted by Crippen LogP contribution is -2.20. The minimum Gasteiger partial charge on any atom is -0.370 e. The summed E-state index contributed by atoms with van der Waals surface area (Å²) in [4.78, 5) is 6.06. The van der Waals surface area contributed by atoms with Crippen LogP contribution in [0.5, 0.6) is 0 Å². The van der Waals surface area contributed by atoms with Crippen LogP contribution in [-0.4, -0.2) is 12.0 Å². The summed E-state index contributed by atoms with van der Waals surface area (Å²) in [6.45, 7) is 2.59. The number of rotatable bonds is 4. The summed E-state index contributed by atoms with van der Waals surface area (Å²) in [6.07, 6.45) is 3.53. The van der Waals surface area contributed by atoms with Crippen LogP contribution in [0.15, 0.2) is 42.7 Å². The van der Waals surface area contributed by atoms with Crippen molar-refractivity contribution in [2.24, 2.45) is 5.73 Å². The van der Waals surface area contributed by atoms with E-state index in [1.807, 2.05) is 26.1 Å². The van der Waals surface area contributed by atoms with Gasteiger partial charge in [-0.2, -0.15) is 0 Å². The quantitative estimate of drug-likeness (QED) is 0.918. The topological polar surface area (TPSA) is 42.1 Å². The Morgan fingerprint density at radius 1 is 1.26 bits per heavy atom. The maximum absolute atomic E-state index is 13.3. The Balaban J connectivity index is 2.26. The van der Waals surface area contributed by atoms with Crippen molar-refractivity contribution in [3.05, 3.63) is 59.7 Å². The average molecular weight is 259 g/mol. The van der Waals surface area contributed by atoms with Crippen molar-refractivity contribution in [3.8, 4) is 0 Å². The Labute approximate surface area is 112 Å². The minimum absolute atomic E-state index is 0.203. The molecule has 0 unspecified atom stereocenters. The highest BCUT2D eigenvalue weighted by Crippen LogP contribution is 2.26. The third kappa shape index (κ3) is 3.29. The molecule has 100 valence electrons. The largest absolute Gasteiger partial charge is 0.370 e. The predicted molar refractivity (Wildman–Crippen MR) is 75.3 cm³/mol. The SMILES string of the molecule is C[C@H](N)c1cc(F)ccc1N(C)Cc1ccncc1. The van der Waals surface area contributed by atoms with E-state index in [-0.39, 0.29) is 11.9 Å². The monoisotopic (exact) mass is 259 g/mol. The molecular weight excluding hydrogens is 241 g/mol. The van der Waals surface area contributed by atoms with Crippen molar-refractivity contribution >= 4 is 5.69 Å². The molecule has 2 N–H and O–H groups in total. The van der Waals surface area contributed by atoms with Gasteiger partial charge in [-0.25, -0.2) is 4.39 Å². The number of hydrogen-bond donors (Lipinski definition) is 1. The second-order valence-corrected chi connectivity index (χ2v) is 4.70. The number of nitrogens with two attached hydrogens (primary N) is 1. The zero-order chi connectivity index (χ0) is 13.8. The summed E-state index contributed by atoms with van der Waals surface area (Å²) in [5.74, 6) is -0.256. The van der Waals surface area contributed by atoms with Crippen molar-refractivity contribution in [3.63, 3.8) is 0 Å². The molecule has 1 atom stereocenters. The molecule has 19 heavy (non-hydrogen) atoms. The van der Waals surface area contributed by atoms with Gasteiger partial charge in [0.25, 0.3) is 0 Å². The van der Waals surface area contributed by atoms with Gasteiger partial charge in [0.1, 0.15) is 5.82 Å². The molecule has 1 aromatic heterocycles. The van der Waals surface area contributed by atoms with E-state index in [0.717, 1.165) is 23.4 Å². The van der Waals surface area contributed by atoms with Gasteiger partial charge >= 0.3 is 0 Å². The molecular formula is C15H18FN3. The van der Waals surface area contributed by atoms with E-state index < -0.39 is 0 Å². The van der Waals surface area contributed by atoms with Crippen LogP contribution in [0.25, 0.3) is 0 Å². The molecule has 0 amide bonds. The third-order valence-electron chi connectivity index (χ3n) is 3.06. The highest BCUT2D eigenvalue weighted by Gasteiger charge is 2.12. The van der Waals surface area contributed by atoms with Crippen LogP contribution in [0.4, 0.5) is 10.1 Å². The number of hydrogen-bond acceptors (Lipinski definition) is 3. The Hall–Kier alpha value is -1.94. The normalized spacial score (nSPS) is 12.2. The molecule has 0 aliphatic rings. The molecule has 0 radical (unpaired) electrons. The van der Waals surface area contributed by atoms with E-state index in [2.05, 4.69) is 9.88 Å². The first-order valence-corrected chi connectivity index (χ1v) is 6.23. The van der Waals surface area contributed by atoms with Gasteiger partial charge in [-0.15, -0.1) is 0 Å². The number of aromatic nitrogens is 1. The Bertz CT molecular complexity index is 540. The molecule has 1 aromatic carbocycles. The number of nitrogens with zero attached hydrogens (tertiary/aromatic N) is 2. The first kappa shape index (κ1) is 13.5. The first-order valence-electron chi connectivity index (χ1n) is 6.23. The zero-order valence-corrected chi connectivity index (χ0v) is 11.2. The van der Waals surface area contributed by atoms with E-state index in [4.69, 9.17) is 5.73 Å². The van der Waals surface area contributed by atoms with Crippen molar-refractivity contribution in [2.45, 2.75) is 19.5 Å². The number of anilines is 1. The fourth-order valence-corrected chi connectivity index (χ4v) is 2.08. The lowest BCUT2D eigenvalue weighted by molar-refractivity contribution is 0.622. The van der Waals surface area contributed by atoms with Crippen molar-refractivity contribution in [2.75, 3.05) is 11.9 Å². The van der Waals surface area contributed by atoms with E-state index in [9.17, 15) is 4.39 Å². The fourth-order valence-electron chi connectivity index (χ4n) is 2.08. The summed E-state index contributed by atoms with van der Waals surface area (Å²) in [5, 5.41) is 0. The summed E-state index contributed by atoms with van der Waals surface area (Å²) < 4.78 is 13.3. The number of pyridine rings is 1. The maximum Gasteiger partial charge on any atom is 0.123 e. The van der Waals surface area contributed by atoms with Crippen molar-refractivity contribution in [1.82, 2.24) is 4.98 Å². The summed E-state index contributed by atoms with van der Waals surface area (Å²) >= 11 is 0. The predicted octanol–water partition coefficient (Wildman–Crippen LogP) is 2.88. The van der Waals surface area contributed by atoms with Crippen molar-refractivity contribution < 1.29 is 4.39 Å². The fraction of sp³-hybridized carbons (Fsp3) is 0.267. The second kappa shape index (κ2) is 5.80. The molecule has 0 saturated heterocycles. The van der Waals surface area contributed by atoms with Gasteiger partial charge < -0.3 is 10.6 Å². The smallest absolute Gasteiger partial charge is 0.123 e. The molecule has 0 aliphatic heterocycles. The first-order chi connectivity index (χ1) is 9.08. The Morgan fingerprint density at radius 3 is 2.58 bits per heavy atom. The van der Waals surface area contributed by atoms with Crippen LogP contribution >= 0.6 is 0 Å². The molecule has 4 heteroatoms. The standard InChI is InChI=1S/C15H18FN3/c1-11(17)14-9-13(16)3-4-15(14)19(2)10-12-5-7-18-8-6-12/h3-9,11H,10,17H2,1-2H3/t11-/m0/s1. The van der Waals surface area contributed by atoms with Crippen LogP contribution < -0.4 is 10.6 Å². The van der Waals surface area contributed by atoms with E-state index >= 15 is 0 Å². The molecule has 0 aliphatic carbocycles. The van der Waals surface area contributed by atoms with Gasteiger partial charge in [0.15, 0.2) is 0 Å². The molecule has 2 rings (SSSR count). The Kier molecular flexibility index (Phi) is 4.12. The summed E-state index contributed by atoms with van der Waals surface area (Å²) in [6, 6.07) is 8.46. The van der Waals surface area contributed by atoms with Crippen LogP contribution in [0.2, 0.25) is 0 Å². The summed E-state index contributed by atoms with van der Waals surface area (Å²) in [7, 11) is 1.97.